The van der Waals surface area contributed by atoms with Gasteiger partial charge in [-0.05, 0) is 50.6 Å². The number of ether oxygens (including phenoxy) is 2. The van der Waals surface area contributed by atoms with Crippen LogP contribution in [-0.2, 0) is 26.0 Å². The minimum absolute atomic E-state index is 0.0413. The van der Waals surface area contributed by atoms with Crippen molar-refractivity contribution in [2.45, 2.75) is 38.3 Å². The van der Waals surface area contributed by atoms with Gasteiger partial charge in [0, 0.05) is 30.6 Å². The standard InChI is InChI=1S/C26H30N2O6S/c1-18-13-24(20(3)28(18)19(2)16-33-4)25(29)17-34-26(30)22-11-8-12-23(14-22)35(31,32)27-15-21-9-6-5-7-10-21/h5-14,19,27H,15-17H2,1-4H3. The van der Waals surface area contributed by atoms with Crippen LogP contribution in [0.15, 0.2) is 65.6 Å². The van der Waals surface area contributed by atoms with Gasteiger partial charge in [-0.25, -0.2) is 17.9 Å². The van der Waals surface area contributed by atoms with Crippen LogP contribution >= 0.6 is 0 Å². The van der Waals surface area contributed by atoms with Crippen molar-refractivity contribution in [1.82, 2.24) is 9.29 Å². The van der Waals surface area contributed by atoms with Crippen molar-refractivity contribution in [1.29, 1.82) is 0 Å². The van der Waals surface area contributed by atoms with E-state index < -0.39 is 22.6 Å². The summed E-state index contributed by atoms with van der Waals surface area (Å²) in [5.41, 5.74) is 2.99. The first kappa shape index (κ1) is 26.3. The highest BCUT2D eigenvalue weighted by molar-refractivity contribution is 7.89. The zero-order valence-corrected chi connectivity index (χ0v) is 21.1. The van der Waals surface area contributed by atoms with E-state index in [2.05, 4.69) is 4.72 Å². The minimum atomic E-state index is -3.85. The van der Waals surface area contributed by atoms with Gasteiger partial charge in [0.05, 0.1) is 23.1 Å². The fourth-order valence-electron chi connectivity index (χ4n) is 3.99. The largest absolute Gasteiger partial charge is 0.454 e. The van der Waals surface area contributed by atoms with Crippen molar-refractivity contribution in [3.63, 3.8) is 0 Å². The second-order valence-electron chi connectivity index (χ2n) is 8.30. The third-order valence-corrected chi connectivity index (χ3v) is 7.06. The van der Waals surface area contributed by atoms with Crippen LogP contribution in [0.4, 0.5) is 0 Å². The predicted molar refractivity (Wildman–Crippen MR) is 132 cm³/mol. The van der Waals surface area contributed by atoms with Crippen LogP contribution in [0.3, 0.4) is 0 Å². The van der Waals surface area contributed by atoms with Crippen molar-refractivity contribution >= 4 is 21.8 Å². The molecule has 8 nitrogen and oxygen atoms in total. The van der Waals surface area contributed by atoms with E-state index in [9.17, 15) is 18.0 Å². The number of aromatic nitrogens is 1. The first-order chi connectivity index (χ1) is 16.6. The van der Waals surface area contributed by atoms with Gasteiger partial charge in [0.1, 0.15) is 0 Å². The van der Waals surface area contributed by atoms with Crippen LogP contribution < -0.4 is 4.72 Å². The number of hydrogen-bond donors (Lipinski definition) is 1. The average molecular weight is 499 g/mol. The van der Waals surface area contributed by atoms with E-state index in [1.807, 2.05) is 55.7 Å². The van der Waals surface area contributed by atoms with Crippen molar-refractivity contribution < 1.29 is 27.5 Å². The smallest absolute Gasteiger partial charge is 0.338 e. The van der Waals surface area contributed by atoms with Crippen molar-refractivity contribution in [2.24, 2.45) is 0 Å². The molecular formula is C26H30N2O6S. The number of sulfonamides is 1. The molecule has 3 rings (SSSR count). The Morgan fingerprint density at radius 1 is 1.03 bits per heavy atom. The number of aryl methyl sites for hydroxylation is 1. The second kappa shape index (κ2) is 11.4. The van der Waals surface area contributed by atoms with Gasteiger partial charge in [0.25, 0.3) is 0 Å². The third kappa shape index (κ3) is 6.45. The number of ketones is 1. The molecule has 0 radical (unpaired) electrons. The molecule has 2 aromatic carbocycles. The van der Waals surface area contributed by atoms with Gasteiger partial charge in [-0.3, -0.25) is 4.79 Å². The van der Waals surface area contributed by atoms with Gasteiger partial charge in [-0.15, -0.1) is 0 Å². The Hall–Kier alpha value is -3.27. The van der Waals surface area contributed by atoms with E-state index in [1.54, 1.807) is 13.2 Å². The minimum Gasteiger partial charge on any atom is -0.454 e. The van der Waals surface area contributed by atoms with Gasteiger partial charge in [0.15, 0.2) is 6.61 Å². The number of carbonyl (C=O) groups excluding carboxylic acids is 2. The van der Waals surface area contributed by atoms with Gasteiger partial charge < -0.3 is 14.0 Å². The van der Waals surface area contributed by atoms with Crippen LogP contribution in [0.2, 0.25) is 0 Å². The molecular weight excluding hydrogens is 468 g/mol. The fraction of sp³-hybridized carbons (Fsp3) is 0.308. The summed E-state index contributed by atoms with van der Waals surface area (Å²) < 4.78 is 40.3. The van der Waals surface area contributed by atoms with E-state index in [-0.39, 0.29) is 28.8 Å². The third-order valence-electron chi connectivity index (χ3n) is 5.66. The number of rotatable bonds is 11. The summed E-state index contributed by atoms with van der Waals surface area (Å²) in [5, 5.41) is 0. The topological polar surface area (TPSA) is 104 Å². The second-order valence-corrected chi connectivity index (χ2v) is 10.1. The molecule has 1 heterocycles. The maximum absolute atomic E-state index is 12.8. The zero-order valence-electron chi connectivity index (χ0n) is 20.3. The molecule has 1 unspecified atom stereocenters. The monoisotopic (exact) mass is 498 g/mol. The fourth-order valence-corrected chi connectivity index (χ4v) is 5.06. The van der Waals surface area contributed by atoms with Crippen molar-refractivity contribution in [2.75, 3.05) is 20.3 Å². The van der Waals surface area contributed by atoms with Gasteiger partial charge in [-0.2, -0.15) is 0 Å². The molecule has 0 saturated heterocycles. The molecule has 9 heteroatoms. The molecule has 0 saturated carbocycles. The predicted octanol–water partition coefficient (Wildman–Crippen LogP) is 3.83. The average Bonchev–Trinajstić information content (AvgIpc) is 3.15. The quantitative estimate of drug-likeness (QED) is 0.318. The summed E-state index contributed by atoms with van der Waals surface area (Å²) in [7, 11) is -2.23. The van der Waals surface area contributed by atoms with Gasteiger partial charge in [-0.1, -0.05) is 36.4 Å². The molecule has 0 aliphatic rings. The SMILES string of the molecule is COCC(C)n1c(C)cc(C(=O)COC(=O)c2cccc(S(=O)(=O)NCc3ccccc3)c2)c1C. The molecule has 0 fully saturated rings. The zero-order chi connectivity index (χ0) is 25.6. The van der Waals surface area contributed by atoms with Crippen LogP contribution in [0.5, 0.6) is 0 Å². The summed E-state index contributed by atoms with van der Waals surface area (Å²) >= 11 is 0. The Kier molecular flexibility index (Phi) is 8.61. The number of hydrogen-bond acceptors (Lipinski definition) is 6. The first-order valence-electron chi connectivity index (χ1n) is 11.2. The van der Waals surface area contributed by atoms with Gasteiger partial charge in [0.2, 0.25) is 15.8 Å². The van der Waals surface area contributed by atoms with E-state index >= 15 is 0 Å². The highest BCUT2D eigenvalue weighted by Crippen LogP contribution is 2.21. The molecule has 35 heavy (non-hydrogen) atoms. The molecule has 1 aromatic heterocycles. The maximum atomic E-state index is 12.8. The van der Waals surface area contributed by atoms with Crippen LogP contribution in [0, 0.1) is 13.8 Å². The number of nitrogens with one attached hydrogen (secondary N) is 1. The van der Waals surface area contributed by atoms with Gasteiger partial charge >= 0.3 is 5.97 Å². The molecule has 0 bridgehead atoms. The number of nitrogens with zero attached hydrogens (tertiary/aromatic N) is 1. The summed E-state index contributed by atoms with van der Waals surface area (Å²) in [4.78, 5) is 25.3. The molecule has 0 aliphatic heterocycles. The Balaban J connectivity index is 1.66. The van der Waals surface area contributed by atoms with E-state index in [0.29, 0.717) is 12.2 Å². The lowest BCUT2D eigenvalue weighted by Crippen LogP contribution is -2.23. The Morgan fingerprint density at radius 2 is 1.74 bits per heavy atom. The molecule has 0 spiro atoms. The number of methoxy groups -OCH3 is 1. The highest BCUT2D eigenvalue weighted by Gasteiger charge is 2.21. The summed E-state index contributed by atoms with van der Waals surface area (Å²) in [6.07, 6.45) is 0. The Labute approximate surface area is 205 Å². The molecule has 1 atom stereocenters. The Bertz CT molecular complexity index is 1300. The molecule has 3 aromatic rings. The lowest BCUT2D eigenvalue weighted by Gasteiger charge is -2.17. The normalized spacial score (nSPS) is 12.3. The number of carbonyl (C=O) groups is 2. The van der Waals surface area contributed by atoms with Crippen LogP contribution in [0.25, 0.3) is 0 Å². The number of benzene rings is 2. The number of esters is 1. The summed E-state index contributed by atoms with van der Waals surface area (Å²) in [6, 6.07) is 16.4. The summed E-state index contributed by atoms with van der Waals surface area (Å²) in [6.45, 7) is 5.90. The van der Waals surface area contributed by atoms with E-state index in [1.165, 1.54) is 24.3 Å². The Morgan fingerprint density at radius 3 is 2.43 bits per heavy atom. The summed E-state index contributed by atoms with van der Waals surface area (Å²) in [5.74, 6) is -1.12. The highest BCUT2D eigenvalue weighted by atomic mass is 32.2. The molecule has 0 aliphatic carbocycles. The first-order valence-corrected chi connectivity index (χ1v) is 12.6. The van der Waals surface area contributed by atoms with E-state index in [0.717, 1.165) is 17.0 Å². The van der Waals surface area contributed by atoms with Crippen LogP contribution in [0.1, 0.15) is 50.6 Å². The lowest BCUT2D eigenvalue weighted by atomic mass is 10.1. The molecule has 1 N–H and O–H groups in total. The van der Waals surface area contributed by atoms with E-state index in [4.69, 9.17) is 9.47 Å². The lowest BCUT2D eigenvalue weighted by molar-refractivity contribution is 0.0474. The van der Waals surface area contributed by atoms with Crippen molar-refractivity contribution in [3.8, 4) is 0 Å². The van der Waals surface area contributed by atoms with Crippen molar-refractivity contribution in [3.05, 3.63) is 88.7 Å². The molecule has 0 amide bonds. The molecule has 186 valence electrons. The van der Waals surface area contributed by atoms with Crippen LogP contribution in [-0.4, -0.2) is 45.1 Å². The number of Topliss-reactive ketones (excluding diaryl/α,β-unsaturated/α-hetero) is 1. The maximum Gasteiger partial charge on any atom is 0.338 e.